The molecule has 0 spiro atoms. The minimum absolute atomic E-state index is 0.0586. The summed E-state index contributed by atoms with van der Waals surface area (Å²) in [5.41, 5.74) is 1.75. The average molecular weight is 269 g/mol. The number of piperidine rings is 1. The third-order valence-electron chi connectivity index (χ3n) is 3.74. The van der Waals surface area contributed by atoms with Gasteiger partial charge in [-0.3, -0.25) is 14.7 Å². The molecule has 1 N–H and O–H groups in total. The second kappa shape index (κ2) is 6.01. The van der Waals surface area contributed by atoms with E-state index in [1.807, 2.05) is 30.3 Å². The molecule has 1 aromatic carbocycles. The van der Waals surface area contributed by atoms with Crippen LogP contribution in [0.5, 0.6) is 0 Å². The Morgan fingerprint density at radius 1 is 1.15 bits per heavy atom. The highest BCUT2D eigenvalue weighted by Crippen LogP contribution is 2.21. The molecule has 0 atom stereocenters. The van der Waals surface area contributed by atoms with Gasteiger partial charge in [-0.2, -0.15) is 0 Å². The summed E-state index contributed by atoms with van der Waals surface area (Å²) in [5.74, 6) is 0.0586. The van der Waals surface area contributed by atoms with Crippen molar-refractivity contribution in [1.82, 2.24) is 9.88 Å². The van der Waals surface area contributed by atoms with Crippen LogP contribution in [0.4, 0.5) is 5.69 Å². The molecule has 0 unspecified atom stereocenters. The Labute approximate surface area is 118 Å². The first-order chi connectivity index (χ1) is 9.83. The Morgan fingerprint density at radius 3 is 2.85 bits per heavy atom. The number of anilines is 1. The number of hydrogen-bond acceptors (Lipinski definition) is 3. The SMILES string of the molecule is O=C(CN1CCCCC1)Nc1cccc2ncccc12. The highest BCUT2D eigenvalue weighted by Gasteiger charge is 2.14. The summed E-state index contributed by atoms with van der Waals surface area (Å²) in [6.45, 7) is 2.55. The molecule has 3 rings (SSSR count). The predicted octanol–water partition coefficient (Wildman–Crippen LogP) is 2.66. The van der Waals surface area contributed by atoms with E-state index < -0.39 is 0 Å². The van der Waals surface area contributed by atoms with E-state index >= 15 is 0 Å². The Balaban J connectivity index is 1.71. The molecule has 1 amide bonds. The first-order valence-electron chi connectivity index (χ1n) is 7.19. The van der Waals surface area contributed by atoms with Crippen molar-refractivity contribution in [2.45, 2.75) is 19.3 Å². The monoisotopic (exact) mass is 269 g/mol. The Kier molecular flexibility index (Phi) is 3.92. The van der Waals surface area contributed by atoms with E-state index in [4.69, 9.17) is 0 Å². The molecule has 1 aliphatic rings. The van der Waals surface area contributed by atoms with Crippen LogP contribution in [0.3, 0.4) is 0 Å². The van der Waals surface area contributed by atoms with Crippen LogP contribution < -0.4 is 5.32 Å². The molecule has 4 nitrogen and oxygen atoms in total. The van der Waals surface area contributed by atoms with E-state index in [2.05, 4.69) is 15.2 Å². The van der Waals surface area contributed by atoms with E-state index in [0.717, 1.165) is 29.7 Å². The molecule has 0 bridgehead atoms. The number of rotatable bonds is 3. The van der Waals surface area contributed by atoms with E-state index in [0.29, 0.717) is 6.54 Å². The highest BCUT2D eigenvalue weighted by molar-refractivity contribution is 6.01. The van der Waals surface area contributed by atoms with E-state index in [1.165, 1.54) is 19.3 Å². The largest absolute Gasteiger partial charge is 0.324 e. The molecule has 20 heavy (non-hydrogen) atoms. The van der Waals surface area contributed by atoms with Gasteiger partial charge in [-0.15, -0.1) is 0 Å². The minimum atomic E-state index is 0.0586. The van der Waals surface area contributed by atoms with Crippen molar-refractivity contribution in [3.63, 3.8) is 0 Å². The summed E-state index contributed by atoms with van der Waals surface area (Å²) in [4.78, 5) is 18.7. The molecule has 104 valence electrons. The van der Waals surface area contributed by atoms with Crippen LogP contribution in [-0.2, 0) is 4.79 Å². The first kappa shape index (κ1) is 13.1. The number of carbonyl (C=O) groups is 1. The van der Waals surface area contributed by atoms with Crippen molar-refractivity contribution < 1.29 is 4.79 Å². The van der Waals surface area contributed by atoms with Gasteiger partial charge in [0.2, 0.25) is 5.91 Å². The lowest BCUT2D eigenvalue weighted by atomic mass is 10.1. The molecular weight excluding hydrogens is 250 g/mol. The fourth-order valence-electron chi connectivity index (χ4n) is 2.72. The van der Waals surface area contributed by atoms with Crippen molar-refractivity contribution in [1.29, 1.82) is 0 Å². The Hall–Kier alpha value is -1.94. The molecule has 0 radical (unpaired) electrons. The second-order valence-electron chi connectivity index (χ2n) is 5.26. The number of amides is 1. The van der Waals surface area contributed by atoms with Gasteiger partial charge < -0.3 is 5.32 Å². The van der Waals surface area contributed by atoms with Crippen molar-refractivity contribution in [2.24, 2.45) is 0 Å². The summed E-state index contributed by atoms with van der Waals surface area (Å²) in [6.07, 6.45) is 5.45. The van der Waals surface area contributed by atoms with Gasteiger partial charge in [0, 0.05) is 11.6 Å². The van der Waals surface area contributed by atoms with Crippen LogP contribution in [0.2, 0.25) is 0 Å². The fraction of sp³-hybridized carbons (Fsp3) is 0.375. The fourth-order valence-corrected chi connectivity index (χ4v) is 2.72. The van der Waals surface area contributed by atoms with Gasteiger partial charge in [-0.05, 0) is 50.2 Å². The topological polar surface area (TPSA) is 45.2 Å². The van der Waals surface area contributed by atoms with E-state index in [-0.39, 0.29) is 5.91 Å². The van der Waals surface area contributed by atoms with Crippen LogP contribution in [0, 0.1) is 0 Å². The zero-order valence-electron chi connectivity index (χ0n) is 11.5. The first-order valence-corrected chi connectivity index (χ1v) is 7.19. The summed E-state index contributed by atoms with van der Waals surface area (Å²) in [5, 5.41) is 4.00. The van der Waals surface area contributed by atoms with E-state index in [9.17, 15) is 4.79 Å². The molecule has 0 saturated carbocycles. The number of likely N-dealkylation sites (tertiary alicyclic amines) is 1. The number of nitrogens with zero attached hydrogens (tertiary/aromatic N) is 2. The minimum Gasteiger partial charge on any atom is -0.324 e. The van der Waals surface area contributed by atoms with Gasteiger partial charge in [0.1, 0.15) is 0 Å². The molecule has 1 aliphatic heterocycles. The van der Waals surface area contributed by atoms with Gasteiger partial charge in [-0.25, -0.2) is 0 Å². The van der Waals surface area contributed by atoms with Crippen molar-refractivity contribution in [3.05, 3.63) is 36.5 Å². The lowest BCUT2D eigenvalue weighted by molar-refractivity contribution is -0.117. The summed E-state index contributed by atoms with van der Waals surface area (Å²) in [6, 6.07) is 9.68. The number of pyridine rings is 1. The van der Waals surface area contributed by atoms with Crippen molar-refractivity contribution in [3.8, 4) is 0 Å². The maximum absolute atomic E-state index is 12.2. The molecule has 1 saturated heterocycles. The Morgan fingerprint density at radius 2 is 2.00 bits per heavy atom. The van der Waals surface area contributed by atoms with Crippen LogP contribution in [0.1, 0.15) is 19.3 Å². The van der Waals surface area contributed by atoms with Crippen LogP contribution in [0.25, 0.3) is 10.9 Å². The van der Waals surface area contributed by atoms with Crippen LogP contribution in [0.15, 0.2) is 36.5 Å². The molecular formula is C16H19N3O. The zero-order valence-corrected chi connectivity index (χ0v) is 11.5. The van der Waals surface area contributed by atoms with Crippen molar-refractivity contribution in [2.75, 3.05) is 25.0 Å². The van der Waals surface area contributed by atoms with Gasteiger partial charge in [0.15, 0.2) is 0 Å². The summed E-state index contributed by atoms with van der Waals surface area (Å²) in [7, 11) is 0. The van der Waals surface area contributed by atoms with Crippen LogP contribution in [-0.4, -0.2) is 35.4 Å². The number of fused-ring (bicyclic) bond motifs is 1. The molecule has 1 fully saturated rings. The third kappa shape index (κ3) is 2.96. The Bertz CT molecular complexity index is 600. The lowest BCUT2D eigenvalue weighted by Crippen LogP contribution is -2.36. The van der Waals surface area contributed by atoms with E-state index in [1.54, 1.807) is 6.20 Å². The van der Waals surface area contributed by atoms with Gasteiger partial charge in [0.05, 0.1) is 17.7 Å². The smallest absolute Gasteiger partial charge is 0.238 e. The number of benzene rings is 1. The van der Waals surface area contributed by atoms with Gasteiger partial charge in [0.25, 0.3) is 0 Å². The second-order valence-corrected chi connectivity index (χ2v) is 5.26. The summed E-state index contributed by atoms with van der Waals surface area (Å²) >= 11 is 0. The number of aromatic nitrogens is 1. The predicted molar refractivity (Wildman–Crippen MR) is 80.7 cm³/mol. The van der Waals surface area contributed by atoms with Crippen molar-refractivity contribution >= 4 is 22.5 Å². The summed E-state index contributed by atoms with van der Waals surface area (Å²) < 4.78 is 0. The maximum Gasteiger partial charge on any atom is 0.238 e. The number of nitrogens with one attached hydrogen (secondary N) is 1. The van der Waals surface area contributed by atoms with Gasteiger partial charge >= 0.3 is 0 Å². The molecule has 4 heteroatoms. The molecule has 2 aromatic rings. The molecule has 1 aromatic heterocycles. The van der Waals surface area contributed by atoms with Gasteiger partial charge in [-0.1, -0.05) is 12.5 Å². The number of hydrogen-bond donors (Lipinski definition) is 1. The molecule has 2 heterocycles. The van der Waals surface area contributed by atoms with Crippen LogP contribution >= 0.6 is 0 Å². The highest BCUT2D eigenvalue weighted by atomic mass is 16.2. The third-order valence-corrected chi connectivity index (χ3v) is 3.74. The maximum atomic E-state index is 12.2. The quantitative estimate of drug-likeness (QED) is 0.931. The normalized spacial score (nSPS) is 16.2. The average Bonchev–Trinajstić information content (AvgIpc) is 2.48. The zero-order chi connectivity index (χ0) is 13.8. The lowest BCUT2D eigenvalue weighted by Gasteiger charge is -2.25. The molecule has 0 aliphatic carbocycles. The standard InChI is InChI=1S/C16H19N3O/c20-16(12-19-10-2-1-3-11-19)18-15-8-4-7-14-13(15)6-5-9-17-14/h4-9H,1-3,10-12H2,(H,18,20). The number of carbonyl (C=O) groups excluding carboxylic acids is 1.